The third kappa shape index (κ3) is 4.81. The highest BCUT2D eigenvalue weighted by molar-refractivity contribution is 5.99. The SMILES string of the molecule is CCCCCCOc1ccc(C2c3c(oc4ccccc4c3=O)C(=O)N2Cc2ccncc2)cc1OC. The number of pyridine rings is 1. The van der Waals surface area contributed by atoms with E-state index in [0.29, 0.717) is 41.2 Å². The van der Waals surface area contributed by atoms with Gasteiger partial charge >= 0.3 is 0 Å². The number of hydrogen-bond acceptors (Lipinski definition) is 6. The Kier molecular flexibility index (Phi) is 7.21. The normalized spacial score (nSPS) is 14.7. The molecule has 1 aliphatic rings. The summed E-state index contributed by atoms with van der Waals surface area (Å²) in [6.07, 6.45) is 7.80. The Balaban J connectivity index is 1.57. The van der Waals surface area contributed by atoms with Gasteiger partial charge in [0.05, 0.1) is 30.7 Å². The average Bonchev–Trinajstić information content (AvgIpc) is 3.20. The van der Waals surface area contributed by atoms with Crippen molar-refractivity contribution in [1.82, 2.24) is 9.88 Å². The zero-order chi connectivity index (χ0) is 25.8. The molecule has 0 N–H and O–H groups in total. The number of carbonyl (C=O) groups is 1. The Labute approximate surface area is 215 Å². The average molecular weight is 499 g/mol. The minimum absolute atomic E-state index is 0.0815. The fourth-order valence-electron chi connectivity index (χ4n) is 4.85. The van der Waals surface area contributed by atoms with Crippen LogP contribution in [0.4, 0.5) is 0 Å². The second-order valence-corrected chi connectivity index (χ2v) is 9.18. The number of para-hydroxylation sites is 1. The summed E-state index contributed by atoms with van der Waals surface area (Å²) < 4.78 is 17.7. The number of methoxy groups -OCH3 is 1. The Morgan fingerprint density at radius 3 is 2.57 bits per heavy atom. The first-order chi connectivity index (χ1) is 18.1. The van der Waals surface area contributed by atoms with Crippen molar-refractivity contribution in [2.45, 2.75) is 45.2 Å². The Morgan fingerprint density at radius 2 is 1.78 bits per heavy atom. The molecule has 7 heteroatoms. The van der Waals surface area contributed by atoms with Gasteiger partial charge in [-0.15, -0.1) is 0 Å². The lowest BCUT2D eigenvalue weighted by Crippen LogP contribution is -2.29. The smallest absolute Gasteiger partial charge is 0.291 e. The van der Waals surface area contributed by atoms with Crippen LogP contribution in [0.3, 0.4) is 0 Å². The van der Waals surface area contributed by atoms with Crippen LogP contribution < -0.4 is 14.9 Å². The first kappa shape index (κ1) is 24.6. The van der Waals surface area contributed by atoms with Crippen molar-refractivity contribution in [2.24, 2.45) is 0 Å². The monoisotopic (exact) mass is 498 g/mol. The van der Waals surface area contributed by atoms with Gasteiger partial charge in [-0.1, -0.05) is 44.4 Å². The molecule has 1 amide bonds. The number of nitrogens with zero attached hydrogens (tertiary/aromatic N) is 2. The van der Waals surface area contributed by atoms with Crippen LogP contribution >= 0.6 is 0 Å². The first-order valence-electron chi connectivity index (χ1n) is 12.7. The molecule has 7 nitrogen and oxygen atoms in total. The molecule has 2 aromatic heterocycles. The second-order valence-electron chi connectivity index (χ2n) is 9.18. The molecule has 1 aliphatic heterocycles. The van der Waals surface area contributed by atoms with Crippen molar-refractivity contribution < 1.29 is 18.7 Å². The zero-order valence-electron chi connectivity index (χ0n) is 21.1. The summed E-state index contributed by atoms with van der Waals surface area (Å²) in [4.78, 5) is 33.1. The number of fused-ring (bicyclic) bond motifs is 2. The van der Waals surface area contributed by atoms with Crippen LogP contribution in [0, 0.1) is 0 Å². The van der Waals surface area contributed by atoms with E-state index in [1.54, 1.807) is 48.7 Å². The van der Waals surface area contributed by atoms with E-state index in [1.807, 2.05) is 30.3 Å². The van der Waals surface area contributed by atoms with Gasteiger partial charge in [-0.25, -0.2) is 0 Å². The molecule has 0 fully saturated rings. The molecular formula is C30H30N2O5. The summed E-state index contributed by atoms with van der Waals surface area (Å²) >= 11 is 0. The Hall–Kier alpha value is -4.13. The quantitative estimate of drug-likeness (QED) is 0.253. The van der Waals surface area contributed by atoms with Crippen LogP contribution in [-0.4, -0.2) is 29.5 Å². The lowest BCUT2D eigenvalue weighted by molar-refractivity contribution is 0.0714. The number of hydrogen-bond donors (Lipinski definition) is 0. The molecule has 2 aromatic carbocycles. The van der Waals surface area contributed by atoms with E-state index in [-0.39, 0.29) is 17.1 Å². The van der Waals surface area contributed by atoms with Gasteiger partial charge in [0.2, 0.25) is 5.76 Å². The van der Waals surface area contributed by atoms with Crippen molar-refractivity contribution in [2.75, 3.05) is 13.7 Å². The van der Waals surface area contributed by atoms with Gasteiger partial charge in [-0.2, -0.15) is 0 Å². The van der Waals surface area contributed by atoms with Crippen LogP contribution in [0.2, 0.25) is 0 Å². The van der Waals surface area contributed by atoms with E-state index in [4.69, 9.17) is 13.9 Å². The van der Waals surface area contributed by atoms with Crippen LogP contribution in [0.5, 0.6) is 11.5 Å². The summed E-state index contributed by atoms with van der Waals surface area (Å²) in [5.41, 5.74) is 2.18. The van der Waals surface area contributed by atoms with Crippen LogP contribution in [-0.2, 0) is 6.54 Å². The highest BCUT2D eigenvalue weighted by Crippen LogP contribution is 2.41. The molecule has 1 unspecified atom stereocenters. The van der Waals surface area contributed by atoms with Crippen molar-refractivity contribution in [3.63, 3.8) is 0 Å². The lowest BCUT2D eigenvalue weighted by atomic mass is 9.98. The van der Waals surface area contributed by atoms with Gasteiger partial charge in [0.1, 0.15) is 5.58 Å². The minimum Gasteiger partial charge on any atom is -0.493 e. The number of amides is 1. The summed E-state index contributed by atoms with van der Waals surface area (Å²) in [5.74, 6) is 0.953. The predicted molar refractivity (Wildman–Crippen MR) is 141 cm³/mol. The third-order valence-corrected chi connectivity index (χ3v) is 6.73. The van der Waals surface area contributed by atoms with Crippen molar-refractivity contribution in [3.05, 3.63) is 99.7 Å². The Bertz CT molecular complexity index is 1460. The molecule has 3 heterocycles. The second kappa shape index (κ2) is 10.9. The summed E-state index contributed by atoms with van der Waals surface area (Å²) in [5, 5.41) is 0.448. The number of ether oxygens (including phenoxy) is 2. The lowest BCUT2D eigenvalue weighted by Gasteiger charge is -2.26. The molecule has 5 rings (SSSR count). The standard InChI is InChI=1S/C30H30N2O5/c1-3-4-5-8-17-36-24-12-11-21(18-25(24)35-2)27-26-28(33)22-9-6-7-10-23(22)37-29(26)30(34)32(27)19-20-13-15-31-16-14-20/h6-7,9-16,18,27H,3-5,8,17,19H2,1-2H3. The number of carbonyl (C=O) groups excluding carboxylic acids is 1. The largest absolute Gasteiger partial charge is 0.493 e. The van der Waals surface area contributed by atoms with E-state index in [2.05, 4.69) is 11.9 Å². The van der Waals surface area contributed by atoms with Crippen LogP contribution in [0.25, 0.3) is 11.0 Å². The predicted octanol–water partition coefficient (Wildman–Crippen LogP) is 5.90. The van der Waals surface area contributed by atoms with Gasteiger partial charge in [0.25, 0.3) is 5.91 Å². The van der Waals surface area contributed by atoms with Gasteiger partial charge in [0, 0.05) is 18.9 Å². The topological polar surface area (TPSA) is 81.9 Å². The van der Waals surface area contributed by atoms with Crippen molar-refractivity contribution in [3.8, 4) is 11.5 Å². The van der Waals surface area contributed by atoms with Gasteiger partial charge in [0.15, 0.2) is 16.9 Å². The van der Waals surface area contributed by atoms with E-state index in [9.17, 15) is 9.59 Å². The maximum absolute atomic E-state index is 13.7. The number of benzene rings is 2. The molecule has 190 valence electrons. The molecule has 0 radical (unpaired) electrons. The summed E-state index contributed by atoms with van der Waals surface area (Å²) in [6, 6.07) is 15.7. The van der Waals surface area contributed by atoms with Gasteiger partial charge in [-0.3, -0.25) is 14.6 Å². The maximum Gasteiger partial charge on any atom is 0.291 e. The minimum atomic E-state index is -0.635. The molecule has 4 aromatic rings. The fraction of sp³-hybridized carbons (Fsp3) is 0.300. The van der Waals surface area contributed by atoms with Crippen molar-refractivity contribution in [1.29, 1.82) is 0 Å². The highest BCUT2D eigenvalue weighted by Gasteiger charge is 2.43. The summed E-state index contributed by atoms with van der Waals surface area (Å²) in [7, 11) is 1.59. The maximum atomic E-state index is 13.7. The summed E-state index contributed by atoms with van der Waals surface area (Å²) in [6.45, 7) is 3.07. The number of rotatable bonds is 10. The molecule has 37 heavy (non-hydrogen) atoms. The molecule has 1 atom stereocenters. The number of aromatic nitrogens is 1. The van der Waals surface area contributed by atoms with E-state index >= 15 is 0 Å². The van der Waals surface area contributed by atoms with Gasteiger partial charge < -0.3 is 18.8 Å². The first-order valence-corrected chi connectivity index (χ1v) is 12.7. The number of unbranched alkanes of at least 4 members (excludes halogenated alkanes) is 3. The van der Waals surface area contributed by atoms with E-state index < -0.39 is 6.04 Å². The highest BCUT2D eigenvalue weighted by atomic mass is 16.5. The van der Waals surface area contributed by atoms with E-state index in [1.165, 1.54) is 12.8 Å². The molecule has 0 spiro atoms. The third-order valence-electron chi connectivity index (χ3n) is 6.73. The van der Waals surface area contributed by atoms with Gasteiger partial charge in [-0.05, 0) is 53.9 Å². The molecule has 0 bridgehead atoms. The van der Waals surface area contributed by atoms with Crippen LogP contribution in [0.15, 0.2) is 76.2 Å². The van der Waals surface area contributed by atoms with E-state index in [0.717, 1.165) is 24.0 Å². The molecule has 0 saturated carbocycles. The molecular weight excluding hydrogens is 468 g/mol. The fourth-order valence-corrected chi connectivity index (χ4v) is 4.85. The Morgan fingerprint density at radius 1 is 0.973 bits per heavy atom. The zero-order valence-corrected chi connectivity index (χ0v) is 21.1. The van der Waals surface area contributed by atoms with Crippen molar-refractivity contribution >= 4 is 16.9 Å². The van der Waals surface area contributed by atoms with Crippen LogP contribution in [0.1, 0.15) is 65.9 Å². The molecule has 0 aliphatic carbocycles. The molecule has 0 saturated heterocycles.